The summed E-state index contributed by atoms with van der Waals surface area (Å²) in [5.41, 5.74) is 2.07. The molecule has 1 aliphatic heterocycles. The van der Waals surface area contributed by atoms with Crippen LogP contribution in [0.1, 0.15) is 17.5 Å². The zero-order valence-electron chi connectivity index (χ0n) is 10.2. The monoisotopic (exact) mass is 256 g/mol. The SMILES string of the molecule is Cc1cc(OCCC2OCCO2)cc(C)c1Cl. The van der Waals surface area contributed by atoms with Crippen molar-refractivity contribution >= 4 is 11.6 Å². The molecule has 0 saturated carbocycles. The Hall–Kier alpha value is -0.770. The largest absolute Gasteiger partial charge is 0.493 e. The highest BCUT2D eigenvalue weighted by molar-refractivity contribution is 6.32. The van der Waals surface area contributed by atoms with Gasteiger partial charge in [0.15, 0.2) is 6.29 Å². The molecule has 0 aromatic heterocycles. The van der Waals surface area contributed by atoms with Gasteiger partial charge in [0.25, 0.3) is 0 Å². The van der Waals surface area contributed by atoms with Crippen molar-refractivity contribution in [1.29, 1.82) is 0 Å². The molecule has 1 aromatic carbocycles. The Morgan fingerprint density at radius 3 is 2.41 bits per heavy atom. The summed E-state index contributed by atoms with van der Waals surface area (Å²) >= 11 is 6.09. The Kier molecular flexibility index (Phi) is 4.26. The van der Waals surface area contributed by atoms with E-state index in [9.17, 15) is 0 Å². The summed E-state index contributed by atoms with van der Waals surface area (Å²) in [4.78, 5) is 0. The van der Waals surface area contributed by atoms with E-state index in [4.69, 9.17) is 25.8 Å². The Labute approximate surface area is 107 Å². The molecule has 1 aliphatic rings. The molecule has 0 N–H and O–H groups in total. The number of ether oxygens (including phenoxy) is 3. The van der Waals surface area contributed by atoms with Crippen LogP contribution < -0.4 is 4.74 Å². The number of hydrogen-bond acceptors (Lipinski definition) is 3. The van der Waals surface area contributed by atoms with Crippen LogP contribution in [0.5, 0.6) is 5.75 Å². The fourth-order valence-electron chi connectivity index (χ4n) is 1.84. The Morgan fingerprint density at radius 2 is 1.82 bits per heavy atom. The first-order valence-electron chi connectivity index (χ1n) is 5.79. The maximum Gasteiger partial charge on any atom is 0.161 e. The van der Waals surface area contributed by atoms with E-state index in [1.54, 1.807) is 0 Å². The zero-order valence-corrected chi connectivity index (χ0v) is 10.9. The molecule has 0 radical (unpaired) electrons. The van der Waals surface area contributed by atoms with Crippen LogP contribution in [0.3, 0.4) is 0 Å². The van der Waals surface area contributed by atoms with Gasteiger partial charge in [-0.3, -0.25) is 0 Å². The molecule has 4 heteroatoms. The van der Waals surface area contributed by atoms with Gasteiger partial charge in [-0.15, -0.1) is 0 Å². The standard InChI is InChI=1S/C13H17ClO3/c1-9-7-11(8-10(2)13(9)14)15-4-3-12-16-5-6-17-12/h7-8,12H,3-6H2,1-2H3. The molecule has 0 spiro atoms. The second-order valence-electron chi connectivity index (χ2n) is 4.18. The molecule has 1 aromatic rings. The van der Waals surface area contributed by atoms with Gasteiger partial charge < -0.3 is 14.2 Å². The van der Waals surface area contributed by atoms with Crippen molar-refractivity contribution in [1.82, 2.24) is 0 Å². The first kappa shape index (κ1) is 12.7. The second kappa shape index (κ2) is 5.71. The molecule has 3 nitrogen and oxygen atoms in total. The predicted octanol–water partition coefficient (Wildman–Crippen LogP) is 3.10. The van der Waals surface area contributed by atoms with E-state index in [1.165, 1.54) is 0 Å². The van der Waals surface area contributed by atoms with Crippen LogP contribution >= 0.6 is 11.6 Å². The van der Waals surface area contributed by atoms with Crippen LogP contribution in [0.4, 0.5) is 0 Å². The highest BCUT2D eigenvalue weighted by Gasteiger charge is 2.15. The highest BCUT2D eigenvalue weighted by atomic mass is 35.5. The van der Waals surface area contributed by atoms with Crippen LogP contribution in [0.25, 0.3) is 0 Å². The van der Waals surface area contributed by atoms with Gasteiger partial charge in [0, 0.05) is 11.4 Å². The first-order chi connectivity index (χ1) is 8.16. The van der Waals surface area contributed by atoms with Crippen molar-refractivity contribution in [3.63, 3.8) is 0 Å². The molecule has 0 amide bonds. The molecule has 17 heavy (non-hydrogen) atoms. The molecule has 2 rings (SSSR count). The van der Waals surface area contributed by atoms with E-state index < -0.39 is 0 Å². The van der Waals surface area contributed by atoms with Gasteiger partial charge in [0.2, 0.25) is 0 Å². The van der Waals surface area contributed by atoms with Crippen molar-refractivity contribution in [2.75, 3.05) is 19.8 Å². The van der Waals surface area contributed by atoms with E-state index in [2.05, 4.69) is 0 Å². The van der Waals surface area contributed by atoms with E-state index in [1.807, 2.05) is 26.0 Å². The van der Waals surface area contributed by atoms with Crippen molar-refractivity contribution in [3.05, 3.63) is 28.3 Å². The fraction of sp³-hybridized carbons (Fsp3) is 0.538. The second-order valence-corrected chi connectivity index (χ2v) is 4.56. The minimum Gasteiger partial charge on any atom is -0.493 e. The van der Waals surface area contributed by atoms with Crippen molar-refractivity contribution in [2.45, 2.75) is 26.6 Å². The van der Waals surface area contributed by atoms with Crippen LogP contribution in [-0.2, 0) is 9.47 Å². The topological polar surface area (TPSA) is 27.7 Å². The summed E-state index contributed by atoms with van der Waals surface area (Å²) in [6.45, 7) is 5.91. The van der Waals surface area contributed by atoms with Gasteiger partial charge in [-0.2, -0.15) is 0 Å². The number of rotatable bonds is 4. The fourth-order valence-corrected chi connectivity index (χ4v) is 1.95. The molecular weight excluding hydrogens is 240 g/mol. The van der Waals surface area contributed by atoms with Crippen molar-refractivity contribution < 1.29 is 14.2 Å². The average molecular weight is 257 g/mol. The molecule has 0 unspecified atom stereocenters. The minimum absolute atomic E-state index is 0.107. The van der Waals surface area contributed by atoms with Gasteiger partial charge in [-0.05, 0) is 37.1 Å². The lowest BCUT2D eigenvalue weighted by atomic mass is 10.1. The lowest BCUT2D eigenvalue weighted by Gasteiger charge is -2.12. The highest BCUT2D eigenvalue weighted by Crippen LogP contribution is 2.26. The summed E-state index contributed by atoms with van der Waals surface area (Å²) in [5.74, 6) is 0.849. The number of benzene rings is 1. The van der Waals surface area contributed by atoms with Gasteiger partial charge in [-0.1, -0.05) is 11.6 Å². The van der Waals surface area contributed by atoms with Crippen molar-refractivity contribution in [3.8, 4) is 5.75 Å². The molecular formula is C13H17ClO3. The smallest absolute Gasteiger partial charge is 0.161 e. The third-order valence-electron chi connectivity index (χ3n) is 2.72. The maximum absolute atomic E-state index is 6.09. The van der Waals surface area contributed by atoms with Crippen LogP contribution in [0.15, 0.2) is 12.1 Å². The number of halogens is 1. The van der Waals surface area contributed by atoms with Gasteiger partial charge in [-0.25, -0.2) is 0 Å². The van der Waals surface area contributed by atoms with Crippen LogP contribution in [0.2, 0.25) is 5.02 Å². The molecule has 1 saturated heterocycles. The summed E-state index contributed by atoms with van der Waals surface area (Å²) < 4.78 is 16.3. The summed E-state index contributed by atoms with van der Waals surface area (Å²) in [7, 11) is 0. The predicted molar refractivity (Wildman–Crippen MR) is 66.7 cm³/mol. The molecule has 1 fully saturated rings. The van der Waals surface area contributed by atoms with E-state index in [-0.39, 0.29) is 6.29 Å². The van der Waals surface area contributed by atoms with E-state index >= 15 is 0 Å². The summed E-state index contributed by atoms with van der Waals surface area (Å²) in [6.07, 6.45) is 0.644. The zero-order chi connectivity index (χ0) is 12.3. The van der Waals surface area contributed by atoms with Crippen LogP contribution in [-0.4, -0.2) is 26.1 Å². The van der Waals surface area contributed by atoms with Gasteiger partial charge in [0.05, 0.1) is 19.8 Å². The van der Waals surface area contributed by atoms with Gasteiger partial charge >= 0.3 is 0 Å². The Morgan fingerprint density at radius 1 is 1.24 bits per heavy atom. The lowest BCUT2D eigenvalue weighted by Crippen LogP contribution is -2.12. The quantitative estimate of drug-likeness (QED) is 0.829. The molecule has 0 atom stereocenters. The third-order valence-corrected chi connectivity index (χ3v) is 3.32. The lowest BCUT2D eigenvalue weighted by molar-refractivity contribution is -0.0531. The Bertz CT molecular complexity index is 363. The average Bonchev–Trinajstić information content (AvgIpc) is 2.79. The number of hydrogen-bond donors (Lipinski definition) is 0. The van der Waals surface area contributed by atoms with Crippen molar-refractivity contribution in [2.24, 2.45) is 0 Å². The minimum atomic E-state index is -0.107. The normalized spacial score (nSPS) is 16.4. The van der Waals surface area contributed by atoms with Crippen LogP contribution in [0, 0.1) is 13.8 Å². The first-order valence-corrected chi connectivity index (χ1v) is 6.17. The molecule has 94 valence electrons. The number of aryl methyl sites for hydroxylation is 2. The maximum atomic E-state index is 6.09. The molecule has 1 heterocycles. The van der Waals surface area contributed by atoms with E-state index in [0.29, 0.717) is 19.8 Å². The van der Waals surface area contributed by atoms with E-state index in [0.717, 1.165) is 28.3 Å². The third kappa shape index (κ3) is 3.35. The van der Waals surface area contributed by atoms with Gasteiger partial charge in [0.1, 0.15) is 5.75 Å². The molecule has 0 bridgehead atoms. The Balaban J connectivity index is 1.86. The summed E-state index contributed by atoms with van der Waals surface area (Å²) in [6, 6.07) is 3.90. The molecule has 0 aliphatic carbocycles. The summed E-state index contributed by atoms with van der Waals surface area (Å²) in [5, 5.41) is 0.805.